The van der Waals surface area contributed by atoms with Crippen molar-refractivity contribution >= 4 is 21.3 Å². The SMILES string of the molecule is CS(=O)(=O)c1cnn(-c2ccc(N)c(N)n2)c1. The van der Waals surface area contributed by atoms with E-state index in [-0.39, 0.29) is 10.7 Å². The van der Waals surface area contributed by atoms with Gasteiger partial charge in [0, 0.05) is 6.26 Å². The first-order chi connectivity index (χ1) is 7.88. The Labute approximate surface area is 98.0 Å². The number of hydrogen-bond donors (Lipinski definition) is 2. The van der Waals surface area contributed by atoms with Gasteiger partial charge in [0.05, 0.1) is 18.1 Å². The second-order valence-electron chi connectivity index (χ2n) is 3.54. The summed E-state index contributed by atoms with van der Waals surface area (Å²) in [5.41, 5.74) is 11.4. The van der Waals surface area contributed by atoms with Gasteiger partial charge in [-0.2, -0.15) is 5.10 Å². The van der Waals surface area contributed by atoms with Crippen LogP contribution in [-0.2, 0) is 9.84 Å². The predicted molar refractivity (Wildman–Crippen MR) is 63.3 cm³/mol. The Balaban J connectivity index is 2.47. The lowest BCUT2D eigenvalue weighted by molar-refractivity contribution is 0.602. The molecule has 0 spiro atoms. The van der Waals surface area contributed by atoms with Crippen LogP contribution in [0.15, 0.2) is 29.4 Å². The maximum absolute atomic E-state index is 11.3. The Hall–Kier alpha value is -2.09. The molecule has 0 bridgehead atoms. The van der Waals surface area contributed by atoms with Crippen molar-refractivity contribution in [3.05, 3.63) is 24.5 Å². The van der Waals surface area contributed by atoms with Gasteiger partial charge in [0.2, 0.25) is 0 Å². The molecule has 4 N–H and O–H groups in total. The summed E-state index contributed by atoms with van der Waals surface area (Å²) in [5, 5.41) is 3.90. The molecule has 90 valence electrons. The lowest BCUT2D eigenvalue weighted by Crippen LogP contribution is -2.03. The molecule has 0 radical (unpaired) electrons. The highest BCUT2D eigenvalue weighted by Crippen LogP contribution is 2.15. The van der Waals surface area contributed by atoms with Crippen LogP contribution >= 0.6 is 0 Å². The molecule has 0 aliphatic rings. The quantitative estimate of drug-likeness (QED) is 0.767. The van der Waals surface area contributed by atoms with Gasteiger partial charge in [-0.1, -0.05) is 0 Å². The Morgan fingerprint density at radius 3 is 2.53 bits per heavy atom. The molecule has 0 unspecified atom stereocenters. The summed E-state index contributed by atoms with van der Waals surface area (Å²) in [4.78, 5) is 4.12. The largest absolute Gasteiger partial charge is 0.396 e. The van der Waals surface area contributed by atoms with Gasteiger partial charge < -0.3 is 11.5 Å². The number of sulfone groups is 1. The highest BCUT2D eigenvalue weighted by molar-refractivity contribution is 7.90. The number of rotatable bonds is 2. The number of hydrogen-bond acceptors (Lipinski definition) is 6. The van der Waals surface area contributed by atoms with Crippen LogP contribution in [0.3, 0.4) is 0 Å². The fourth-order valence-corrected chi connectivity index (χ4v) is 1.76. The van der Waals surface area contributed by atoms with Gasteiger partial charge in [0.25, 0.3) is 0 Å². The van der Waals surface area contributed by atoms with E-state index in [1.54, 1.807) is 12.1 Å². The van der Waals surface area contributed by atoms with Gasteiger partial charge >= 0.3 is 0 Å². The Kier molecular flexibility index (Phi) is 2.50. The van der Waals surface area contributed by atoms with Gasteiger partial charge in [0.1, 0.15) is 10.7 Å². The lowest BCUT2D eigenvalue weighted by Gasteiger charge is -2.03. The van der Waals surface area contributed by atoms with Crippen LogP contribution in [0.1, 0.15) is 0 Å². The molecular weight excluding hydrogens is 242 g/mol. The van der Waals surface area contributed by atoms with Crippen molar-refractivity contribution in [1.29, 1.82) is 0 Å². The zero-order valence-electron chi connectivity index (χ0n) is 9.03. The van der Waals surface area contributed by atoms with Crippen LogP contribution < -0.4 is 11.5 Å². The van der Waals surface area contributed by atoms with Crippen molar-refractivity contribution in [1.82, 2.24) is 14.8 Å². The molecule has 0 aromatic carbocycles. The molecule has 0 saturated heterocycles. The van der Waals surface area contributed by atoms with Crippen LogP contribution in [0.4, 0.5) is 11.5 Å². The fourth-order valence-electron chi connectivity index (χ4n) is 1.23. The van der Waals surface area contributed by atoms with Gasteiger partial charge in [-0.15, -0.1) is 0 Å². The zero-order valence-corrected chi connectivity index (χ0v) is 9.85. The summed E-state index contributed by atoms with van der Waals surface area (Å²) in [6, 6.07) is 3.18. The van der Waals surface area contributed by atoms with E-state index in [9.17, 15) is 8.42 Å². The van der Waals surface area contributed by atoms with E-state index in [4.69, 9.17) is 11.5 Å². The molecule has 0 aliphatic heterocycles. The molecular formula is C9H11N5O2S. The number of nitrogens with zero attached hydrogens (tertiary/aromatic N) is 3. The van der Waals surface area contributed by atoms with Crippen LogP contribution in [0, 0.1) is 0 Å². The molecule has 7 nitrogen and oxygen atoms in total. The second kappa shape index (κ2) is 3.74. The number of nitrogen functional groups attached to an aromatic ring is 2. The topological polar surface area (TPSA) is 117 Å². The van der Waals surface area contributed by atoms with Crippen molar-refractivity contribution in [2.45, 2.75) is 4.90 Å². The third kappa shape index (κ3) is 2.21. The van der Waals surface area contributed by atoms with E-state index in [2.05, 4.69) is 10.1 Å². The number of nitrogens with two attached hydrogens (primary N) is 2. The number of aromatic nitrogens is 3. The Morgan fingerprint density at radius 2 is 2.00 bits per heavy atom. The second-order valence-corrected chi connectivity index (χ2v) is 5.55. The fraction of sp³-hybridized carbons (Fsp3) is 0.111. The molecule has 0 amide bonds. The first-order valence-corrected chi connectivity index (χ1v) is 6.54. The molecule has 0 fully saturated rings. The van der Waals surface area contributed by atoms with E-state index in [0.717, 1.165) is 6.26 Å². The minimum Gasteiger partial charge on any atom is -0.396 e. The molecule has 2 aromatic heterocycles. The summed E-state index contributed by atoms with van der Waals surface area (Å²) in [7, 11) is -3.28. The van der Waals surface area contributed by atoms with Crippen molar-refractivity contribution in [3.8, 4) is 5.82 Å². The summed E-state index contributed by atoms with van der Waals surface area (Å²) < 4.78 is 23.9. The minimum absolute atomic E-state index is 0.120. The summed E-state index contributed by atoms with van der Waals surface area (Å²) in [5.74, 6) is 0.588. The van der Waals surface area contributed by atoms with Crippen LogP contribution in [0.5, 0.6) is 0 Å². The molecule has 2 rings (SSSR count). The third-order valence-corrected chi connectivity index (χ3v) is 3.23. The van der Waals surface area contributed by atoms with Crippen LogP contribution in [-0.4, -0.2) is 29.4 Å². The van der Waals surface area contributed by atoms with Gasteiger partial charge in [0.15, 0.2) is 15.7 Å². The predicted octanol–water partition coefficient (Wildman–Crippen LogP) is -0.165. The molecule has 0 aliphatic carbocycles. The molecule has 17 heavy (non-hydrogen) atoms. The average molecular weight is 253 g/mol. The highest BCUT2D eigenvalue weighted by atomic mass is 32.2. The van der Waals surface area contributed by atoms with E-state index < -0.39 is 9.84 Å². The summed E-state index contributed by atoms with van der Waals surface area (Å²) in [6.07, 6.45) is 3.73. The highest BCUT2D eigenvalue weighted by Gasteiger charge is 2.11. The summed E-state index contributed by atoms with van der Waals surface area (Å²) >= 11 is 0. The van der Waals surface area contributed by atoms with Crippen LogP contribution in [0.25, 0.3) is 5.82 Å². The lowest BCUT2D eigenvalue weighted by atomic mass is 10.4. The summed E-state index contributed by atoms with van der Waals surface area (Å²) in [6.45, 7) is 0. The van der Waals surface area contributed by atoms with Gasteiger partial charge in [-0.3, -0.25) is 0 Å². The standard InChI is InChI=1S/C9H11N5O2S/c1-17(15,16)6-4-12-14(5-6)8-3-2-7(10)9(11)13-8/h2-5H,10H2,1H3,(H2,11,13). The van der Waals surface area contributed by atoms with E-state index in [1.165, 1.54) is 17.1 Å². The normalized spacial score (nSPS) is 11.6. The molecule has 2 aromatic rings. The maximum atomic E-state index is 11.3. The number of pyridine rings is 1. The smallest absolute Gasteiger partial charge is 0.178 e. The van der Waals surface area contributed by atoms with Crippen molar-refractivity contribution in [2.24, 2.45) is 0 Å². The van der Waals surface area contributed by atoms with Gasteiger partial charge in [-0.25, -0.2) is 18.1 Å². The van der Waals surface area contributed by atoms with E-state index in [1.807, 2.05) is 0 Å². The van der Waals surface area contributed by atoms with Crippen LogP contribution in [0.2, 0.25) is 0 Å². The zero-order chi connectivity index (χ0) is 12.6. The van der Waals surface area contributed by atoms with Crippen molar-refractivity contribution < 1.29 is 8.42 Å². The molecule has 2 heterocycles. The Morgan fingerprint density at radius 1 is 1.29 bits per heavy atom. The van der Waals surface area contributed by atoms with Gasteiger partial charge in [-0.05, 0) is 12.1 Å². The Bertz CT molecular complexity index is 662. The van der Waals surface area contributed by atoms with Crippen molar-refractivity contribution in [2.75, 3.05) is 17.7 Å². The van der Waals surface area contributed by atoms with E-state index >= 15 is 0 Å². The van der Waals surface area contributed by atoms with Crippen molar-refractivity contribution in [3.63, 3.8) is 0 Å². The molecule has 8 heteroatoms. The number of anilines is 2. The molecule has 0 atom stereocenters. The molecule has 0 saturated carbocycles. The van der Waals surface area contributed by atoms with E-state index in [0.29, 0.717) is 11.5 Å². The first kappa shape index (κ1) is 11.4. The minimum atomic E-state index is -3.28. The third-order valence-electron chi connectivity index (χ3n) is 2.16. The average Bonchev–Trinajstić information content (AvgIpc) is 2.70. The first-order valence-electron chi connectivity index (χ1n) is 4.65. The maximum Gasteiger partial charge on any atom is 0.178 e. The monoisotopic (exact) mass is 253 g/mol.